The SMILES string of the molecule is Cc1cc(N2CCO[C@@H](c3ccc(Br)cc3)C2)nc(N)n1. The van der Waals surface area contributed by atoms with E-state index in [0.717, 1.165) is 29.1 Å². The van der Waals surface area contributed by atoms with Gasteiger partial charge in [0.25, 0.3) is 0 Å². The van der Waals surface area contributed by atoms with E-state index in [1.165, 1.54) is 5.56 Å². The standard InChI is InChI=1S/C15H17BrN4O/c1-10-8-14(19-15(17)18-10)20-6-7-21-13(9-20)11-2-4-12(16)5-3-11/h2-5,8,13H,6-7,9H2,1H3,(H2,17,18,19)/t13-/m1/s1. The highest BCUT2D eigenvalue weighted by Crippen LogP contribution is 2.26. The summed E-state index contributed by atoms with van der Waals surface area (Å²) in [6.45, 7) is 4.17. The molecule has 1 aromatic heterocycles. The molecule has 0 spiro atoms. The van der Waals surface area contributed by atoms with Crippen molar-refractivity contribution in [1.82, 2.24) is 9.97 Å². The van der Waals surface area contributed by atoms with E-state index in [0.29, 0.717) is 12.6 Å². The van der Waals surface area contributed by atoms with Gasteiger partial charge in [0.05, 0.1) is 6.61 Å². The third-order valence-electron chi connectivity index (χ3n) is 3.49. The van der Waals surface area contributed by atoms with Gasteiger partial charge in [0.2, 0.25) is 5.95 Å². The molecule has 1 aliphatic heterocycles. The molecule has 21 heavy (non-hydrogen) atoms. The number of hydrogen-bond donors (Lipinski definition) is 1. The van der Waals surface area contributed by atoms with Crippen LogP contribution in [0.5, 0.6) is 0 Å². The summed E-state index contributed by atoms with van der Waals surface area (Å²) in [6, 6.07) is 10.2. The fraction of sp³-hybridized carbons (Fsp3) is 0.333. The molecule has 5 nitrogen and oxygen atoms in total. The first-order valence-electron chi connectivity index (χ1n) is 6.85. The van der Waals surface area contributed by atoms with E-state index in [2.05, 4.69) is 42.9 Å². The highest BCUT2D eigenvalue weighted by atomic mass is 79.9. The maximum absolute atomic E-state index is 5.88. The van der Waals surface area contributed by atoms with E-state index in [9.17, 15) is 0 Å². The number of nitrogen functional groups attached to an aromatic ring is 1. The molecule has 0 aliphatic carbocycles. The Morgan fingerprint density at radius 1 is 1.29 bits per heavy atom. The van der Waals surface area contributed by atoms with E-state index in [1.807, 2.05) is 25.1 Å². The van der Waals surface area contributed by atoms with Gasteiger partial charge >= 0.3 is 0 Å². The van der Waals surface area contributed by atoms with Crippen LogP contribution in [0.15, 0.2) is 34.8 Å². The van der Waals surface area contributed by atoms with E-state index in [1.54, 1.807) is 0 Å². The van der Waals surface area contributed by atoms with Gasteiger partial charge < -0.3 is 15.4 Å². The molecule has 3 rings (SSSR count). The highest BCUT2D eigenvalue weighted by molar-refractivity contribution is 9.10. The number of aromatic nitrogens is 2. The van der Waals surface area contributed by atoms with Crippen molar-refractivity contribution in [2.75, 3.05) is 30.3 Å². The van der Waals surface area contributed by atoms with Gasteiger partial charge in [-0.1, -0.05) is 28.1 Å². The van der Waals surface area contributed by atoms with Gasteiger partial charge in [0.1, 0.15) is 11.9 Å². The van der Waals surface area contributed by atoms with Gasteiger partial charge in [-0.25, -0.2) is 4.98 Å². The normalized spacial score (nSPS) is 18.8. The summed E-state index contributed by atoms with van der Waals surface area (Å²) in [7, 11) is 0. The fourth-order valence-corrected chi connectivity index (χ4v) is 2.74. The van der Waals surface area contributed by atoms with Crippen LogP contribution in [0.4, 0.5) is 11.8 Å². The average Bonchev–Trinajstić information content (AvgIpc) is 2.47. The van der Waals surface area contributed by atoms with E-state index in [-0.39, 0.29) is 6.10 Å². The van der Waals surface area contributed by atoms with Crippen LogP contribution >= 0.6 is 15.9 Å². The lowest BCUT2D eigenvalue weighted by Crippen LogP contribution is -2.39. The van der Waals surface area contributed by atoms with Crippen molar-refractivity contribution in [2.45, 2.75) is 13.0 Å². The van der Waals surface area contributed by atoms with Crippen molar-refractivity contribution in [1.29, 1.82) is 0 Å². The van der Waals surface area contributed by atoms with Crippen molar-refractivity contribution in [2.24, 2.45) is 0 Å². The van der Waals surface area contributed by atoms with E-state index < -0.39 is 0 Å². The third kappa shape index (κ3) is 3.33. The summed E-state index contributed by atoms with van der Waals surface area (Å²) in [5.41, 5.74) is 7.79. The van der Waals surface area contributed by atoms with Crippen LogP contribution in [0.1, 0.15) is 17.4 Å². The number of aryl methyl sites for hydroxylation is 1. The fourth-order valence-electron chi connectivity index (χ4n) is 2.47. The summed E-state index contributed by atoms with van der Waals surface area (Å²) >= 11 is 3.45. The molecule has 2 heterocycles. The van der Waals surface area contributed by atoms with Crippen LogP contribution in [-0.4, -0.2) is 29.7 Å². The first-order chi connectivity index (χ1) is 10.1. The molecule has 2 N–H and O–H groups in total. The number of nitrogens with zero attached hydrogens (tertiary/aromatic N) is 3. The van der Waals surface area contributed by atoms with E-state index in [4.69, 9.17) is 10.5 Å². The lowest BCUT2D eigenvalue weighted by atomic mass is 10.1. The lowest BCUT2D eigenvalue weighted by molar-refractivity contribution is 0.0395. The van der Waals surface area contributed by atoms with Crippen molar-refractivity contribution in [3.8, 4) is 0 Å². The zero-order valence-corrected chi connectivity index (χ0v) is 13.4. The number of ether oxygens (including phenoxy) is 1. The highest BCUT2D eigenvalue weighted by Gasteiger charge is 2.23. The predicted molar refractivity (Wildman–Crippen MR) is 86.2 cm³/mol. The second kappa shape index (κ2) is 5.99. The van der Waals surface area contributed by atoms with E-state index >= 15 is 0 Å². The van der Waals surface area contributed by atoms with Crippen LogP contribution in [0.2, 0.25) is 0 Å². The van der Waals surface area contributed by atoms with Crippen LogP contribution < -0.4 is 10.6 Å². The lowest BCUT2D eigenvalue weighted by Gasteiger charge is -2.34. The quantitative estimate of drug-likeness (QED) is 0.903. The Morgan fingerprint density at radius 3 is 2.76 bits per heavy atom. The Hall–Kier alpha value is -1.66. The molecule has 0 radical (unpaired) electrons. The van der Waals surface area contributed by atoms with Crippen molar-refractivity contribution < 1.29 is 4.74 Å². The smallest absolute Gasteiger partial charge is 0.222 e. The molecular weight excluding hydrogens is 332 g/mol. The Bertz CT molecular complexity index is 612. The Morgan fingerprint density at radius 2 is 2.05 bits per heavy atom. The van der Waals surface area contributed by atoms with Gasteiger partial charge in [0, 0.05) is 29.3 Å². The molecule has 1 aromatic carbocycles. The van der Waals surface area contributed by atoms with Crippen molar-refractivity contribution in [3.63, 3.8) is 0 Å². The molecule has 0 amide bonds. The van der Waals surface area contributed by atoms with Gasteiger partial charge in [-0.2, -0.15) is 4.98 Å². The number of benzene rings is 1. The number of rotatable bonds is 2. The molecule has 110 valence electrons. The van der Waals surface area contributed by atoms with Crippen LogP contribution in [0.3, 0.4) is 0 Å². The molecule has 0 unspecified atom stereocenters. The largest absolute Gasteiger partial charge is 0.370 e. The van der Waals surface area contributed by atoms with Crippen LogP contribution in [0.25, 0.3) is 0 Å². The first-order valence-corrected chi connectivity index (χ1v) is 7.64. The molecule has 2 aromatic rings. The van der Waals surface area contributed by atoms with Crippen molar-refractivity contribution >= 4 is 27.7 Å². The number of halogens is 1. The molecular formula is C15H17BrN4O. The molecule has 6 heteroatoms. The first kappa shape index (κ1) is 14.3. The second-order valence-electron chi connectivity index (χ2n) is 5.08. The molecule has 0 saturated carbocycles. The minimum Gasteiger partial charge on any atom is -0.370 e. The second-order valence-corrected chi connectivity index (χ2v) is 6.00. The topological polar surface area (TPSA) is 64.3 Å². The average molecular weight is 349 g/mol. The Labute approximate surface area is 132 Å². The zero-order valence-electron chi connectivity index (χ0n) is 11.8. The molecule has 1 saturated heterocycles. The predicted octanol–water partition coefficient (Wildman–Crippen LogP) is 2.71. The number of morpholine rings is 1. The Balaban J connectivity index is 1.80. The summed E-state index contributed by atoms with van der Waals surface area (Å²) in [6.07, 6.45) is 0.0448. The minimum absolute atomic E-state index is 0.0448. The molecule has 1 aliphatic rings. The molecule has 0 bridgehead atoms. The number of hydrogen-bond acceptors (Lipinski definition) is 5. The molecule has 1 atom stereocenters. The summed E-state index contributed by atoms with van der Waals surface area (Å²) < 4.78 is 6.95. The molecule has 1 fully saturated rings. The van der Waals surface area contributed by atoms with Crippen LogP contribution in [-0.2, 0) is 4.74 Å². The van der Waals surface area contributed by atoms with Gasteiger partial charge in [-0.05, 0) is 24.6 Å². The third-order valence-corrected chi connectivity index (χ3v) is 4.02. The maximum atomic E-state index is 5.88. The summed E-state index contributed by atoms with van der Waals surface area (Å²) in [5, 5.41) is 0. The number of nitrogens with two attached hydrogens (primary N) is 1. The van der Waals surface area contributed by atoms with Crippen LogP contribution in [0, 0.1) is 6.92 Å². The Kier molecular flexibility index (Phi) is 4.07. The van der Waals surface area contributed by atoms with Gasteiger partial charge in [-0.15, -0.1) is 0 Å². The van der Waals surface area contributed by atoms with Gasteiger partial charge in [0.15, 0.2) is 0 Å². The van der Waals surface area contributed by atoms with Crippen molar-refractivity contribution in [3.05, 3.63) is 46.1 Å². The summed E-state index contributed by atoms with van der Waals surface area (Å²) in [4.78, 5) is 10.6. The maximum Gasteiger partial charge on any atom is 0.222 e. The summed E-state index contributed by atoms with van der Waals surface area (Å²) in [5.74, 6) is 1.18. The number of anilines is 2. The zero-order chi connectivity index (χ0) is 14.8. The monoisotopic (exact) mass is 348 g/mol. The van der Waals surface area contributed by atoms with Gasteiger partial charge in [-0.3, -0.25) is 0 Å². The minimum atomic E-state index is 0.0448.